The summed E-state index contributed by atoms with van der Waals surface area (Å²) >= 11 is 2.92. The van der Waals surface area contributed by atoms with E-state index in [1.807, 2.05) is 0 Å². The van der Waals surface area contributed by atoms with Crippen molar-refractivity contribution in [3.63, 3.8) is 0 Å². The van der Waals surface area contributed by atoms with E-state index in [0.717, 1.165) is 6.07 Å². The Bertz CT molecular complexity index is 766. The van der Waals surface area contributed by atoms with E-state index >= 15 is 0 Å². The molecule has 2 rings (SSSR count). The first-order valence-electron chi connectivity index (χ1n) is 5.81. The van der Waals surface area contributed by atoms with Crippen molar-refractivity contribution in [2.45, 2.75) is 18.4 Å². The van der Waals surface area contributed by atoms with Crippen LogP contribution in [0, 0.1) is 12.7 Å². The summed E-state index contributed by atoms with van der Waals surface area (Å²) in [7, 11) is -4.05. The minimum absolute atomic E-state index is 0.0157. The van der Waals surface area contributed by atoms with Crippen molar-refractivity contribution < 1.29 is 12.8 Å². The van der Waals surface area contributed by atoms with Crippen molar-refractivity contribution in [3.05, 3.63) is 46.2 Å². The van der Waals surface area contributed by atoms with Gasteiger partial charge in [-0.15, -0.1) is 0 Å². The molecule has 6 nitrogen and oxygen atoms in total. The predicted molar refractivity (Wildman–Crippen MR) is 79.3 cm³/mol. The molecule has 1 aromatic heterocycles. The summed E-state index contributed by atoms with van der Waals surface area (Å²) in [5.74, 6) is -0.897. The number of aromatic nitrogens is 2. The number of benzene rings is 1. The molecule has 0 atom stereocenters. The van der Waals surface area contributed by atoms with E-state index in [1.54, 1.807) is 6.92 Å². The summed E-state index contributed by atoms with van der Waals surface area (Å²) in [6.45, 7) is 1.67. The van der Waals surface area contributed by atoms with Gasteiger partial charge in [-0.2, -0.15) is 0 Å². The van der Waals surface area contributed by atoms with Crippen molar-refractivity contribution in [2.24, 2.45) is 0 Å². The van der Waals surface area contributed by atoms with Gasteiger partial charge in [0.25, 0.3) is 0 Å². The van der Waals surface area contributed by atoms with Gasteiger partial charge in [-0.1, -0.05) is 0 Å². The molecule has 0 radical (unpaired) electrons. The summed E-state index contributed by atoms with van der Waals surface area (Å²) in [5.41, 5.74) is 6.81. The number of nitrogens with one attached hydrogen (secondary N) is 1. The first-order chi connectivity index (χ1) is 9.79. The Balaban J connectivity index is 2.25. The lowest BCUT2D eigenvalue weighted by molar-refractivity contribution is 0.553. The molecular formula is C12H12BrFN4O2S. The molecule has 21 heavy (non-hydrogen) atoms. The third-order valence-corrected chi connectivity index (χ3v) is 4.56. The number of hydrogen-bond acceptors (Lipinski definition) is 5. The standard InChI is InChI=1S/C12H12BrFN4O2S/c1-7-4-17-9(5-16-7)6-18-21(19,20)11-3-8(15)2-10(13)12(11)14/h2-5,18H,6,15H2,1H3. The Kier molecular flexibility index (Phi) is 4.55. The normalized spacial score (nSPS) is 11.6. The SMILES string of the molecule is Cc1cnc(CNS(=O)(=O)c2cc(N)cc(Br)c2F)cn1. The summed E-state index contributed by atoms with van der Waals surface area (Å²) in [6, 6.07) is 2.35. The van der Waals surface area contributed by atoms with E-state index in [4.69, 9.17) is 5.73 Å². The molecule has 0 aliphatic rings. The highest BCUT2D eigenvalue weighted by atomic mass is 79.9. The summed E-state index contributed by atoms with van der Waals surface area (Å²) < 4.78 is 40.4. The number of nitrogens with two attached hydrogens (primary N) is 1. The topological polar surface area (TPSA) is 98.0 Å². The lowest BCUT2D eigenvalue weighted by atomic mass is 10.3. The van der Waals surface area contributed by atoms with Crippen molar-refractivity contribution in [1.82, 2.24) is 14.7 Å². The maximum Gasteiger partial charge on any atom is 0.243 e. The van der Waals surface area contributed by atoms with Crippen LogP contribution in [0.15, 0.2) is 33.9 Å². The van der Waals surface area contributed by atoms with Crippen LogP contribution >= 0.6 is 15.9 Å². The van der Waals surface area contributed by atoms with E-state index < -0.39 is 20.7 Å². The average molecular weight is 375 g/mol. The summed E-state index contributed by atoms with van der Waals surface area (Å²) in [4.78, 5) is 7.50. The summed E-state index contributed by atoms with van der Waals surface area (Å²) in [6.07, 6.45) is 2.96. The van der Waals surface area contributed by atoms with E-state index in [2.05, 4.69) is 30.6 Å². The fourth-order valence-electron chi connectivity index (χ4n) is 1.54. The fourth-order valence-corrected chi connectivity index (χ4v) is 3.28. The van der Waals surface area contributed by atoms with Gasteiger partial charge in [0.15, 0.2) is 5.82 Å². The Morgan fingerprint density at radius 2 is 2.05 bits per heavy atom. The zero-order valence-electron chi connectivity index (χ0n) is 11.0. The molecule has 1 heterocycles. The third-order valence-electron chi connectivity index (χ3n) is 2.58. The monoisotopic (exact) mass is 374 g/mol. The minimum Gasteiger partial charge on any atom is -0.399 e. The van der Waals surface area contributed by atoms with Gasteiger partial charge in [0, 0.05) is 11.9 Å². The molecule has 3 N–H and O–H groups in total. The van der Waals surface area contributed by atoms with E-state index in [1.165, 1.54) is 18.5 Å². The lowest BCUT2D eigenvalue weighted by Gasteiger charge is -2.09. The number of nitrogen functional groups attached to an aromatic ring is 1. The quantitative estimate of drug-likeness (QED) is 0.794. The van der Waals surface area contributed by atoms with Crippen LogP contribution in [0.25, 0.3) is 0 Å². The molecule has 0 spiro atoms. The number of rotatable bonds is 4. The number of anilines is 1. The van der Waals surface area contributed by atoms with Gasteiger partial charge < -0.3 is 5.73 Å². The third kappa shape index (κ3) is 3.74. The van der Waals surface area contributed by atoms with Crippen LogP contribution in [0.4, 0.5) is 10.1 Å². The van der Waals surface area contributed by atoms with Crippen molar-refractivity contribution in [1.29, 1.82) is 0 Å². The van der Waals surface area contributed by atoms with Gasteiger partial charge in [-0.05, 0) is 35.0 Å². The second-order valence-corrected chi connectivity index (χ2v) is 6.88. The molecule has 0 saturated carbocycles. The first kappa shape index (κ1) is 15.8. The number of sulfonamides is 1. The van der Waals surface area contributed by atoms with Gasteiger partial charge in [0.05, 0.1) is 28.6 Å². The number of nitrogens with zero attached hydrogens (tertiary/aromatic N) is 2. The molecule has 0 fully saturated rings. The van der Waals surface area contributed by atoms with Crippen LogP contribution < -0.4 is 10.5 Å². The molecule has 0 bridgehead atoms. The average Bonchev–Trinajstić information content (AvgIpc) is 2.42. The molecule has 9 heteroatoms. The van der Waals surface area contributed by atoms with Gasteiger partial charge in [0.2, 0.25) is 10.0 Å². The highest BCUT2D eigenvalue weighted by Crippen LogP contribution is 2.26. The van der Waals surface area contributed by atoms with Crippen molar-refractivity contribution in [3.8, 4) is 0 Å². The Morgan fingerprint density at radius 1 is 1.33 bits per heavy atom. The first-order valence-corrected chi connectivity index (χ1v) is 8.09. The van der Waals surface area contributed by atoms with Crippen molar-refractivity contribution >= 4 is 31.6 Å². The molecule has 0 saturated heterocycles. The van der Waals surface area contributed by atoms with E-state index in [0.29, 0.717) is 11.4 Å². The lowest BCUT2D eigenvalue weighted by Crippen LogP contribution is -2.25. The Hall–Kier alpha value is -1.58. The number of halogens is 2. The van der Waals surface area contributed by atoms with Crippen LogP contribution in [0.1, 0.15) is 11.4 Å². The fraction of sp³-hybridized carbons (Fsp3) is 0.167. The van der Waals surface area contributed by atoms with Gasteiger partial charge >= 0.3 is 0 Å². The molecule has 0 unspecified atom stereocenters. The van der Waals surface area contributed by atoms with Gasteiger partial charge in [-0.3, -0.25) is 9.97 Å². The molecule has 0 aliphatic carbocycles. The largest absolute Gasteiger partial charge is 0.399 e. The van der Waals surface area contributed by atoms with Crippen LogP contribution in [0.5, 0.6) is 0 Å². The predicted octanol–water partition coefficient (Wildman–Crippen LogP) is 1.75. The van der Waals surface area contributed by atoms with E-state index in [-0.39, 0.29) is 16.7 Å². The Morgan fingerprint density at radius 3 is 2.67 bits per heavy atom. The molecule has 0 aliphatic heterocycles. The van der Waals surface area contributed by atoms with E-state index in [9.17, 15) is 12.8 Å². The number of hydrogen-bond donors (Lipinski definition) is 2. The highest BCUT2D eigenvalue weighted by Gasteiger charge is 2.21. The maximum atomic E-state index is 13.9. The molecular weight excluding hydrogens is 363 g/mol. The van der Waals surface area contributed by atoms with Crippen LogP contribution in [-0.4, -0.2) is 18.4 Å². The van der Waals surface area contributed by atoms with Crippen LogP contribution in [0.2, 0.25) is 0 Å². The molecule has 112 valence electrons. The Labute approximate surface area is 129 Å². The number of aryl methyl sites for hydroxylation is 1. The van der Waals surface area contributed by atoms with Gasteiger partial charge in [0.1, 0.15) is 4.90 Å². The molecule has 0 amide bonds. The maximum absolute atomic E-state index is 13.9. The van der Waals surface area contributed by atoms with Crippen LogP contribution in [0.3, 0.4) is 0 Å². The zero-order chi connectivity index (χ0) is 15.6. The zero-order valence-corrected chi connectivity index (χ0v) is 13.4. The second-order valence-electron chi connectivity index (χ2n) is 4.29. The van der Waals surface area contributed by atoms with Crippen molar-refractivity contribution in [2.75, 3.05) is 5.73 Å². The van der Waals surface area contributed by atoms with Crippen LogP contribution in [-0.2, 0) is 16.6 Å². The smallest absolute Gasteiger partial charge is 0.243 e. The minimum atomic E-state index is -4.05. The highest BCUT2D eigenvalue weighted by molar-refractivity contribution is 9.10. The molecule has 1 aromatic carbocycles. The van der Waals surface area contributed by atoms with Gasteiger partial charge in [-0.25, -0.2) is 17.5 Å². The summed E-state index contributed by atoms with van der Waals surface area (Å²) in [5, 5.41) is 0. The molecule has 2 aromatic rings. The second kappa shape index (κ2) is 6.04.